The van der Waals surface area contributed by atoms with Crippen molar-refractivity contribution in [3.63, 3.8) is 0 Å². The van der Waals surface area contributed by atoms with Crippen LogP contribution in [0.1, 0.15) is 18.9 Å². The van der Waals surface area contributed by atoms with Crippen LogP contribution in [0.3, 0.4) is 0 Å². The van der Waals surface area contributed by atoms with Gasteiger partial charge in [-0.2, -0.15) is 0 Å². The van der Waals surface area contributed by atoms with Crippen LogP contribution in [0.5, 0.6) is 0 Å². The van der Waals surface area contributed by atoms with Crippen molar-refractivity contribution < 1.29 is 4.79 Å². The number of hydrogen-bond acceptors (Lipinski definition) is 2. The topological polar surface area (TPSA) is 46.3 Å². The standard InChI is InChI=1S/C14H19ClN2O/c1-10(16)12-5-6-17(9-12)14(18)8-11-3-2-4-13(15)7-11/h2-4,7,10,12H,5-6,8-9,16H2,1H3. The fourth-order valence-corrected chi connectivity index (χ4v) is 2.59. The highest BCUT2D eigenvalue weighted by Gasteiger charge is 2.28. The van der Waals surface area contributed by atoms with Gasteiger partial charge in [0.05, 0.1) is 6.42 Å². The summed E-state index contributed by atoms with van der Waals surface area (Å²) in [5, 5.41) is 0.676. The van der Waals surface area contributed by atoms with E-state index in [1.807, 2.05) is 36.1 Å². The summed E-state index contributed by atoms with van der Waals surface area (Å²) >= 11 is 5.91. The summed E-state index contributed by atoms with van der Waals surface area (Å²) in [6.45, 7) is 3.62. The van der Waals surface area contributed by atoms with Crippen LogP contribution in [0, 0.1) is 5.92 Å². The minimum absolute atomic E-state index is 0.161. The molecule has 0 spiro atoms. The molecule has 1 aliphatic rings. The number of rotatable bonds is 3. The molecule has 1 heterocycles. The van der Waals surface area contributed by atoms with Gasteiger partial charge < -0.3 is 10.6 Å². The summed E-state index contributed by atoms with van der Waals surface area (Å²) in [4.78, 5) is 14.0. The van der Waals surface area contributed by atoms with Crippen molar-refractivity contribution in [3.8, 4) is 0 Å². The van der Waals surface area contributed by atoms with Crippen molar-refractivity contribution in [1.82, 2.24) is 4.90 Å². The van der Waals surface area contributed by atoms with Crippen LogP contribution in [0.25, 0.3) is 0 Å². The fourth-order valence-electron chi connectivity index (χ4n) is 2.38. The number of amides is 1. The maximum Gasteiger partial charge on any atom is 0.227 e. The average molecular weight is 267 g/mol. The number of halogens is 1. The quantitative estimate of drug-likeness (QED) is 0.911. The van der Waals surface area contributed by atoms with Gasteiger partial charge in [-0.15, -0.1) is 0 Å². The first kappa shape index (κ1) is 13.4. The van der Waals surface area contributed by atoms with Crippen molar-refractivity contribution in [1.29, 1.82) is 0 Å². The summed E-state index contributed by atoms with van der Waals surface area (Å²) in [7, 11) is 0. The molecule has 0 radical (unpaired) electrons. The molecule has 1 aromatic rings. The maximum absolute atomic E-state index is 12.1. The van der Waals surface area contributed by atoms with Gasteiger partial charge in [-0.25, -0.2) is 0 Å². The zero-order valence-electron chi connectivity index (χ0n) is 10.6. The molecule has 2 N–H and O–H groups in total. The minimum Gasteiger partial charge on any atom is -0.342 e. The number of carbonyl (C=O) groups excluding carboxylic acids is 1. The highest BCUT2D eigenvalue weighted by Crippen LogP contribution is 2.20. The molecule has 1 saturated heterocycles. The van der Waals surface area contributed by atoms with E-state index in [1.54, 1.807) is 0 Å². The van der Waals surface area contributed by atoms with Crippen LogP contribution in [-0.4, -0.2) is 29.9 Å². The molecule has 18 heavy (non-hydrogen) atoms. The molecule has 0 bridgehead atoms. The normalized spacial score (nSPS) is 21.1. The third kappa shape index (κ3) is 3.24. The Hall–Kier alpha value is -1.06. The van der Waals surface area contributed by atoms with Crippen molar-refractivity contribution in [3.05, 3.63) is 34.9 Å². The maximum atomic E-state index is 12.1. The summed E-state index contributed by atoms with van der Waals surface area (Å²) in [6.07, 6.45) is 1.44. The van der Waals surface area contributed by atoms with E-state index < -0.39 is 0 Å². The van der Waals surface area contributed by atoms with Gasteiger partial charge in [0.1, 0.15) is 0 Å². The summed E-state index contributed by atoms with van der Waals surface area (Å²) in [6, 6.07) is 7.63. The van der Waals surface area contributed by atoms with E-state index in [1.165, 1.54) is 0 Å². The monoisotopic (exact) mass is 266 g/mol. The number of nitrogens with zero attached hydrogens (tertiary/aromatic N) is 1. The molecule has 2 rings (SSSR count). The lowest BCUT2D eigenvalue weighted by Crippen LogP contribution is -2.33. The Bertz CT molecular complexity index is 434. The van der Waals surface area contributed by atoms with Crippen LogP contribution in [0.15, 0.2) is 24.3 Å². The second kappa shape index (κ2) is 5.72. The smallest absolute Gasteiger partial charge is 0.227 e. The molecular formula is C14H19ClN2O. The van der Waals surface area contributed by atoms with Gasteiger partial charge in [0, 0.05) is 24.2 Å². The van der Waals surface area contributed by atoms with E-state index >= 15 is 0 Å². The molecule has 0 aromatic heterocycles. The number of benzene rings is 1. The Labute approximate surface area is 113 Å². The van der Waals surface area contributed by atoms with Crippen LogP contribution in [0.4, 0.5) is 0 Å². The molecule has 2 atom stereocenters. The zero-order valence-corrected chi connectivity index (χ0v) is 11.4. The van der Waals surface area contributed by atoms with Gasteiger partial charge in [-0.1, -0.05) is 23.7 Å². The number of hydrogen-bond donors (Lipinski definition) is 1. The highest BCUT2D eigenvalue weighted by molar-refractivity contribution is 6.30. The van der Waals surface area contributed by atoms with Gasteiger partial charge in [0.25, 0.3) is 0 Å². The van der Waals surface area contributed by atoms with Crippen LogP contribution in [0.2, 0.25) is 5.02 Å². The van der Waals surface area contributed by atoms with Gasteiger partial charge in [0.2, 0.25) is 5.91 Å². The Morgan fingerprint density at radius 1 is 1.61 bits per heavy atom. The summed E-state index contributed by atoms with van der Waals surface area (Å²) < 4.78 is 0. The molecular weight excluding hydrogens is 248 g/mol. The summed E-state index contributed by atoms with van der Waals surface area (Å²) in [5.41, 5.74) is 6.85. The molecule has 1 amide bonds. The molecule has 1 fully saturated rings. The first-order valence-corrected chi connectivity index (χ1v) is 6.72. The Balaban J connectivity index is 1.93. The van der Waals surface area contributed by atoms with Gasteiger partial charge in [-0.05, 0) is 37.0 Å². The van der Waals surface area contributed by atoms with Crippen molar-refractivity contribution in [2.75, 3.05) is 13.1 Å². The molecule has 1 aromatic carbocycles. The third-order valence-electron chi connectivity index (χ3n) is 3.57. The van der Waals surface area contributed by atoms with Gasteiger partial charge >= 0.3 is 0 Å². The molecule has 1 aliphatic heterocycles. The molecule has 2 unspecified atom stereocenters. The van der Waals surface area contributed by atoms with E-state index in [2.05, 4.69) is 0 Å². The van der Waals surface area contributed by atoms with E-state index in [4.69, 9.17) is 17.3 Å². The van der Waals surface area contributed by atoms with E-state index in [0.717, 1.165) is 25.1 Å². The van der Waals surface area contributed by atoms with Gasteiger partial charge in [-0.3, -0.25) is 4.79 Å². The predicted molar refractivity (Wildman–Crippen MR) is 73.5 cm³/mol. The predicted octanol–water partition coefficient (Wildman–Crippen LogP) is 2.08. The average Bonchev–Trinajstić information content (AvgIpc) is 2.78. The molecule has 3 nitrogen and oxygen atoms in total. The first-order chi connectivity index (χ1) is 8.56. The lowest BCUT2D eigenvalue weighted by atomic mass is 10.0. The zero-order chi connectivity index (χ0) is 13.1. The number of nitrogens with two attached hydrogens (primary N) is 1. The lowest BCUT2D eigenvalue weighted by molar-refractivity contribution is -0.129. The second-order valence-corrected chi connectivity index (χ2v) is 5.49. The van der Waals surface area contributed by atoms with E-state index in [-0.39, 0.29) is 11.9 Å². The first-order valence-electron chi connectivity index (χ1n) is 6.34. The van der Waals surface area contributed by atoms with Crippen molar-refractivity contribution in [2.24, 2.45) is 11.7 Å². The van der Waals surface area contributed by atoms with Crippen LogP contribution >= 0.6 is 11.6 Å². The Morgan fingerprint density at radius 3 is 3.00 bits per heavy atom. The fraction of sp³-hybridized carbons (Fsp3) is 0.500. The van der Waals surface area contributed by atoms with Crippen LogP contribution in [-0.2, 0) is 11.2 Å². The molecule has 4 heteroatoms. The number of carbonyl (C=O) groups is 1. The largest absolute Gasteiger partial charge is 0.342 e. The van der Waals surface area contributed by atoms with Crippen molar-refractivity contribution >= 4 is 17.5 Å². The second-order valence-electron chi connectivity index (χ2n) is 5.05. The Kier molecular flexibility index (Phi) is 4.25. The van der Waals surface area contributed by atoms with E-state index in [0.29, 0.717) is 17.4 Å². The highest BCUT2D eigenvalue weighted by atomic mass is 35.5. The van der Waals surface area contributed by atoms with E-state index in [9.17, 15) is 4.79 Å². The Morgan fingerprint density at radius 2 is 2.39 bits per heavy atom. The molecule has 0 saturated carbocycles. The summed E-state index contributed by atoms with van der Waals surface area (Å²) in [5.74, 6) is 0.605. The van der Waals surface area contributed by atoms with Gasteiger partial charge in [0.15, 0.2) is 0 Å². The SMILES string of the molecule is CC(N)C1CCN(C(=O)Cc2cccc(Cl)c2)C1. The minimum atomic E-state index is 0.161. The van der Waals surface area contributed by atoms with Crippen LogP contribution < -0.4 is 5.73 Å². The molecule has 0 aliphatic carbocycles. The lowest BCUT2D eigenvalue weighted by Gasteiger charge is -2.18. The van der Waals surface area contributed by atoms with Crippen molar-refractivity contribution in [2.45, 2.75) is 25.8 Å². The third-order valence-corrected chi connectivity index (χ3v) is 3.80. The molecule has 98 valence electrons. The number of likely N-dealkylation sites (tertiary alicyclic amines) is 1.